The van der Waals surface area contributed by atoms with Crippen molar-refractivity contribution >= 4 is 17.6 Å². The second kappa shape index (κ2) is 23.7. The topological polar surface area (TPSA) is 174 Å². The molecule has 0 aliphatic heterocycles. The predicted octanol–water partition coefficient (Wildman–Crippen LogP) is 8.63. The van der Waals surface area contributed by atoms with E-state index in [0.29, 0.717) is 84.3 Å². The SMILES string of the molecule is CCC[C@H](CCOCc1ccccc1)Oc1nc(N(Cc2ccc(OC)cc2OC)Cc2ccc(OC)cc2OC)c2ncc(C(O)c3ccc(OC(C)CN(C)C(=O)OC(C)(C)C)nc3)n2n1. The van der Waals surface area contributed by atoms with Crippen LogP contribution in [0.5, 0.6) is 34.9 Å². The quantitative estimate of drug-likeness (QED) is 0.0571. The number of carbonyl (C=O) groups is 1. The molecule has 3 heterocycles. The molecule has 1 N–H and O–H groups in total. The molecule has 0 radical (unpaired) electrons. The number of pyridine rings is 1. The number of anilines is 1. The Morgan fingerprint density at radius 1 is 0.809 bits per heavy atom. The van der Waals surface area contributed by atoms with Crippen LogP contribution in [0.15, 0.2) is 91.3 Å². The van der Waals surface area contributed by atoms with Crippen molar-refractivity contribution < 1.29 is 47.8 Å². The molecule has 6 aromatic rings. The molecule has 1 amide bonds. The van der Waals surface area contributed by atoms with Crippen molar-refractivity contribution in [3.05, 3.63) is 119 Å². The number of fused-ring (bicyclic) bond motifs is 1. The van der Waals surface area contributed by atoms with Gasteiger partial charge in [-0.15, -0.1) is 5.10 Å². The Hall–Kier alpha value is -6.85. The third kappa shape index (κ3) is 13.6. The lowest BCUT2D eigenvalue weighted by Crippen LogP contribution is -2.39. The minimum atomic E-state index is -1.23. The lowest BCUT2D eigenvalue weighted by atomic mass is 10.1. The Kier molecular flexibility index (Phi) is 17.7. The van der Waals surface area contributed by atoms with Gasteiger partial charge in [0.15, 0.2) is 11.5 Å². The van der Waals surface area contributed by atoms with Crippen molar-refractivity contribution in [2.45, 2.75) is 97.5 Å². The Morgan fingerprint density at radius 3 is 2.04 bits per heavy atom. The smallest absolute Gasteiger partial charge is 0.410 e. The molecule has 0 saturated heterocycles. The first-order chi connectivity index (χ1) is 32.7. The summed E-state index contributed by atoms with van der Waals surface area (Å²) in [6.07, 6.45) is 2.88. The highest BCUT2D eigenvalue weighted by atomic mass is 16.6. The van der Waals surface area contributed by atoms with Gasteiger partial charge in [-0.1, -0.05) is 43.7 Å². The van der Waals surface area contributed by atoms with Crippen LogP contribution < -0.4 is 33.3 Å². The summed E-state index contributed by atoms with van der Waals surface area (Å²) in [5, 5.41) is 17.0. The van der Waals surface area contributed by atoms with Gasteiger partial charge in [-0.3, -0.25) is 0 Å². The summed E-state index contributed by atoms with van der Waals surface area (Å²) in [5.41, 5.74) is 3.31. The van der Waals surface area contributed by atoms with Crippen LogP contribution in [-0.2, 0) is 29.2 Å². The number of hydrogen-bond acceptors (Lipinski definition) is 15. The zero-order valence-corrected chi connectivity index (χ0v) is 40.8. The van der Waals surface area contributed by atoms with Crippen LogP contribution in [0, 0.1) is 0 Å². The first-order valence-electron chi connectivity index (χ1n) is 22.7. The number of rotatable bonds is 24. The average Bonchev–Trinajstić information content (AvgIpc) is 3.76. The number of imidazole rings is 1. The van der Waals surface area contributed by atoms with Crippen molar-refractivity contribution in [2.24, 2.45) is 0 Å². The van der Waals surface area contributed by atoms with Crippen molar-refractivity contribution in [3.63, 3.8) is 0 Å². The molecule has 6 rings (SSSR count). The maximum atomic E-state index is 12.5. The van der Waals surface area contributed by atoms with Crippen LogP contribution in [-0.4, -0.2) is 107 Å². The fourth-order valence-electron chi connectivity index (χ4n) is 7.45. The van der Waals surface area contributed by atoms with Crippen LogP contribution in [0.1, 0.15) is 87.9 Å². The zero-order chi connectivity index (χ0) is 48.8. The number of hydrogen-bond donors (Lipinski definition) is 1. The van der Waals surface area contributed by atoms with Crippen molar-refractivity contribution in [1.82, 2.24) is 29.5 Å². The third-order valence-electron chi connectivity index (χ3n) is 10.9. The summed E-state index contributed by atoms with van der Waals surface area (Å²) in [7, 11) is 8.09. The molecule has 2 unspecified atom stereocenters. The molecule has 0 fully saturated rings. The molecule has 17 nitrogen and oxygen atoms in total. The lowest BCUT2D eigenvalue weighted by Gasteiger charge is -2.27. The normalized spacial score (nSPS) is 12.8. The average molecular weight is 936 g/mol. The minimum absolute atomic E-state index is 0.0843. The number of aromatic nitrogens is 5. The fraction of sp³-hybridized carbons (Fsp3) is 0.431. The molecule has 68 heavy (non-hydrogen) atoms. The number of methoxy groups -OCH3 is 4. The van der Waals surface area contributed by atoms with Crippen LogP contribution in [0.3, 0.4) is 0 Å². The number of likely N-dealkylation sites (N-methyl/N-ethyl adjacent to an activating group) is 1. The van der Waals surface area contributed by atoms with E-state index in [0.717, 1.165) is 29.5 Å². The third-order valence-corrected chi connectivity index (χ3v) is 10.9. The van der Waals surface area contributed by atoms with E-state index in [2.05, 4.69) is 11.9 Å². The van der Waals surface area contributed by atoms with Gasteiger partial charge in [-0.05, 0) is 70.0 Å². The van der Waals surface area contributed by atoms with Gasteiger partial charge in [0, 0.05) is 67.6 Å². The Labute approximate surface area is 398 Å². The summed E-state index contributed by atoms with van der Waals surface area (Å²) < 4.78 is 48.6. The van der Waals surface area contributed by atoms with E-state index in [1.54, 1.807) is 58.3 Å². The van der Waals surface area contributed by atoms with E-state index >= 15 is 0 Å². The number of ether oxygens (including phenoxy) is 8. The second-order valence-corrected chi connectivity index (χ2v) is 17.3. The summed E-state index contributed by atoms with van der Waals surface area (Å²) in [5.74, 6) is 3.25. The Bertz CT molecular complexity index is 2480. The number of nitrogens with zero attached hydrogens (tertiary/aromatic N) is 7. The van der Waals surface area contributed by atoms with Gasteiger partial charge >= 0.3 is 12.1 Å². The monoisotopic (exact) mass is 935 g/mol. The maximum Gasteiger partial charge on any atom is 0.410 e. The van der Waals surface area contributed by atoms with Crippen molar-refractivity contribution in [1.29, 1.82) is 0 Å². The highest BCUT2D eigenvalue weighted by molar-refractivity contribution is 5.68. The summed E-state index contributed by atoms with van der Waals surface area (Å²) >= 11 is 0. The minimum Gasteiger partial charge on any atom is -0.497 e. The molecule has 0 spiro atoms. The Balaban J connectivity index is 1.37. The van der Waals surface area contributed by atoms with Gasteiger partial charge in [-0.2, -0.15) is 4.98 Å². The highest BCUT2D eigenvalue weighted by Crippen LogP contribution is 2.34. The van der Waals surface area contributed by atoms with E-state index in [1.807, 2.05) is 99.3 Å². The van der Waals surface area contributed by atoms with E-state index in [4.69, 9.17) is 53.0 Å². The first kappa shape index (κ1) is 50.6. The largest absolute Gasteiger partial charge is 0.497 e. The summed E-state index contributed by atoms with van der Waals surface area (Å²) in [6, 6.07) is 24.8. The molecule has 0 aliphatic rings. The molecule has 0 bridgehead atoms. The predicted molar refractivity (Wildman–Crippen MR) is 257 cm³/mol. The molecule has 17 heteroatoms. The Morgan fingerprint density at radius 2 is 1.47 bits per heavy atom. The fourth-order valence-corrected chi connectivity index (χ4v) is 7.45. The number of aliphatic hydroxyl groups is 1. The molecular weight excluding hydrogens is 871 g/mol. The molecule has 0 saturated carbocycles. The first-order valence-corrected chi connectivity index (χ1v) is 22.7. The molecule has 364 valence electrons. The molecule has 3 aromatic heterocycles. The maximum absolute atomic E-state index is 12.5. The number of carbonyl (C=O) groups excluding carboxylic acids is 1. The second-order valence-electron chi connectivity index (χ2n) is 17.3. The van der Waals surface area contributed by atoms with Crippen LogP contribution in [0.4, 0.5) is 10.6 Å². The van der Waals surface area contributed by atoms with E-state index in [-0.39, 0.29) is 18.7 Å². The van der Waals surface area contributed by atoms with Crippen molar-refractivity contribution in [3.8, 4) is 34.9 Å². The van der Waals surface area contributed by atoms with E-state index in [9.17, 15) is 9.90 Å². The highest BCUT2D eigenvalue weighted by Gasteiger charge is 2.27. The lowest BCUT2D eigenvalue weighted by molar-refractivity contribution is 0.0235. The molecule has 3 atom stereocenters. The van der Waals surface area contributed by atoms with Crippen LogP contribution >= 0.6 is 0 Å². The number of aliphatic hydroxyl groups excluding tert-OH is 1. The summed E-state index contributed by atoms with van der Waals surface area (Å²) in [6.45, 7) is 11.2. The van der Waals surface area contributed by atoms with Gasteiger partial charge in [0.1, 0.15) is 46.9 Å². The van der Waals surface area contributed by atoms with E-state index in [1.165, 1.54) is 11.1 Å². The standard InChI is InChI=1S/C51H65N7O10/c1-11-15-39(24-25-65-33-35-16-13-12-14-17-35)67-49-54-48(57(31-37-18-21-40(61-7)26-43(37)63-9)32-38-19-22-41(62-8)27-44(38)64-10)47-53-29-42(58(47)55-49)46(59)36-20-23-45(52-28-36)66-34(2)30-56(6)50(60)68-51(3,4)5/h12-14,16-23,26-29,34,39,46,59H,11,15,24-25,30-33H2,1-10H3/t34?,39-,46?/m1/s1. The van der Waals surface area contributed by atoms with Gasteiger partial charge in [0.2, 0.25) is 5.88 Å². The molecular formula is C51H65N7O10. The van der Waals surface area contributed by atoms with Crippen molar-refractivity contribution in [2.75, 3.05) is 53.5 Å². The summed E-state index contributed by atoms with van der Waals surface area (Å²) in [4.78, 5) is 30.5. The number of benzene rings is 3. The van der Waals surface area contributed by atoms with Gasteiger partial charge in [0.25, 0.3) is 0 Å². The number of amides is 1. The van der Waals surface area contributed by atoms with Gasteiger partial charge in [0.05, 0.1) is 60.1 Å². The van der Waals surface area contributed by atoms with E-state index < -0.39 is 23.9 Å². The van der Waals surface area contributed by atoms with Gasteiger partial charge in [-0.25, -0.2) is 19.3 Å². The van der Waals surface area contributed by atoms with Crippen LogP contribution in [0.2, 0.25) is 0 Å². The molecule has 0 aliphatic carbocycles. The van der Waals surface area contributed by atoms with Gasteiger partial charge < -0.3 is 52.8 Å². The zero-order valence-electron chi connectivity index (χ0n) is 40.8. The van der Waals surface area contributed by atoms with Crippen LogP contribution in [0.25, 0.3) is 5.65 Å². The molecule has 3 aromatic carbocycles.